The summed E-state index contributed by atoms with van der Waals surface area (Å²) < 4.78 is 34.3. The molecule has 0 aromatic rings. The fourth-order valence-corrected chi connectivity index (χ4v) is 4.71. The van der Waals surface area contributed by atoms with Crippen LogP contribution in [-0.4, -0.2) is 165 Å². The highest BCUT2D eigenvalue weighted by Crippen LogP contribution is 2.33. The molecule has 0 aromatic heterocycles. The van der Waals surface area contributed by atoms with Gasteiger partial charge in [0.05, 0.1) is 25.9 Å². The standard InChI is InChI=1S/C22H40N2O15/c1-7-12(28)14(30)16(32)21(35-7)39-19-11(24-8(2)27)20(34-4-3-23)37-10(6-26)18(19)38-22-17(33)15(31)13(29)9(5-25)36-22/h7,9-22,25-26,28-33H,3-6,23H2,1-2H3,(H,24,27)/t7-,9+,10+,11+,12+,13-,14+,15-,16-,17+,18+,19+,20+,21-,22-/m0/s1. The van der Waals surface area contributed by atoms with Crippen LogP contribution in [-0.2, 0) is 33.2 Å². The second-order valence-corrected chi connectivity index (χ2v) is 9.69. The molecule has 0 aliphatic carbocycles. The number of rotatable bonds is 10. The van der Waals surface area contributed by atoms with Crippen LogP contribution in [0.5, 0.6) is 0 Å². The van der Waals surface area contributed by atoms with Crippen molar-refractivity contribution in [3.63, 3.8) is 0 Å². The number of hydrogen-bond acceptors (Lipinski definition) is 16. The molecular weight excluding hydrogens is 532 g/mol. The summed E-state index contributed by atoms with van der Waals surface area (Å²) in [7, 11) is 0. The number of nitrogens with two attached hydrogens (primary N) is 1. The lowest BCUT2D eigenvalue weighted by Crippen LogP contribution is -2.69. The van der Waals surface area contributed by atoms with Crippen LogP contribution < -0.4 is 11.1 Å². The molecule has 0 saturated carbocycles. The van der Waals surface area contributed by atoms with E-state index in [0.29, 0.717) is 0 Å². The van der Waals surface area contributed by atoms with Gasteiger partial charge in [0.2, 0.25) is 5.91 Å². The second-order valence-electron chi connectivity index (χ2n) is 9.69. The molecule has 17 heteroatoms. The molecule has 17 nitrogen and oxygen atoms in total. The summed E-state index contributed by atoms with van der Waals surface area (Å²) >= 11 is 0. The Morgan fingerprint density at radius 2 is 1.31 bits per heavy atom. The Morgan fingerprint density at radius 3 is 1.87 bits per heavy atom. The van der Waals surface area contributed by atoms with Crippen LogP contribution in [0.4, 0.5) is 0 Å². The van der Waals surface area contributed by atoms with Crippen molar-refractivity contribution in [1.29, 1.82) is 0 Å². The van der Waals surface area contributed by atoms with E-state index in [2.05, 4.69) is 5.32 Å². The normalized spacial score (nSPS) is 47.1. The van der Waals surface area contributed by atoms with E-state index >= 15 is 0 Å². The van der Waals surface area contributed by atoms with Gasteiger partial charge in [-0.2, -0.15) is 0 Å². The molecule has 1 amide bonds. The van der Waals surface area contributed by atoms with Gasteiger partial charge in [-0.15, -0.1) is 0 Å². The Kier molecular flexibility index (Phi) is 11.8. The van der Waals surface area contributed by atoms with Gasteiger partial charge < -0.3 is 80.3 Å². The molecule has 3 heterocycles. The average molecular weight is 573 g/mol. The van der Waals surface area contributed by atoms with E-state index in [1.807, 2.05) is 0 Å². The third-order valence-electron chi connectivity index (χ3n) is 6.84. The van der Waals surface area contributed by atoms with Gasteiger partial charge in [-0.05, 0) is 6.92 Å². The van der Waals surface area contributed by atoms with Crippen LogP contribution in [0.25, 0.3) is 0 Å². The Hall–Kier alpha value is -1.13. The van der Waals surface area contributed by atoms with E-state index in [9.17, 15) is 45.6 Å². The van der Waals surface area contributed by atoms with E-state index < -0.39 is 111 Å². The van der Waals surface area contributed by atoms with Crippen molar-refractivity contribution in [3.8, 4) is 0 Å². The molecule has 15 atom stereocenters. The van der Waals surface area contributed by atoms with E-state index in [0.717, 1.165) is 0 Å². The van der Waals surface area contributed by atoms with Crippen LogP contribution >= 0.6 is 0 Å². The van der Waals surface area contributed by atoms with Gasteiger partial charge in [0, 0.05) is 13.5 Å². The van der Waals surface area contributed by atoms with Gasteiger partial charge >= 0.3 is 0 Å². The lowest BCUT2D eigenvalue weighted by molar-refractivity contribution is -0.373. The zero-order valence-corrected chi connectivity index (χ0v) is 21.5. The fourth-order valence-electron chi connectivity index (χ4n) is 4.71. The minimum absolute atomic E-state index is 0.0334. The van der Waals surface area contributed by atoms with E-state index in [1.165, 1.54) is 13.8 Å². The van der Waals surface area contributed by atoms with Crippen molar-refractivity contribution in [2.45, 2.75) is 106 Å². The largest absolute Gasteiger partial charge is 0.394 e. The number of carbonyl (C=O) groups excluding carboxylic acids is 1. The summed E-state index contributed by atoms with van der Waals surface area (Å²) in [6.07, 6.45) is -21.2. The molecule has 0 unspecified atom stereocenters. The summed E-state index contributed by atoms with van der Waals surface area (Å²) in [5.74, 6) is -0.568. The van der Waals surface area contributed by atoms with Crippen molar-refractivity contribution < 1.29 is 74.1 Å². The number of aliphatic hydroxyl groups excluding tert-OH is 8. The predicted molar refractivity (Wildman–Crippen MR) is 124 cm³/mol. The highest BCUT2D eigenvalue weighted by molar-refractivity contribution is 5.73. The van der Waals surface area contributed by atoms with Crippen molar-refractivity contribution in [3.05, 3.63) is 0 Å². The summed E-state index contributed by atoms with van der Waals surface area (Å²) in [6.45, 7) is 1.20. The Bertz CT molecular complexity index is 780. The number of carbonyl (C=O) groups is 1. The van der Waals surface area contributed by atoms with Gasteiger partial charge in [-0.1, -0.05) is 0 Å². The molecule has 11 N–H and O–H groups in total. The molecule has 3 fully saturated rings. The van der Waals surface area contributed by atoms with Gasteiger partial charge in [0.1, 0.15) is 67.1 Å². The Balaban J connectivity index is 1.97. The van der Waals surface area contributed by atoms with E-state index in [4.69, 9.17) is 34.2 Å². The van der Waals surface area contributed by atoms with Crippen LogP contribution in [0.3, 0.4) is 0 Å². The van der Waals surface area contributed by atoms with Gasteiger partial charge in [0.25, 0.3) is 0 Å². The van der Waals surface area contributed by atoms with E-state index in [1.54, 1.807) is 0 Å². The third kappa shape index (κ3) is 7.21. The first kappa shape index (κ1) is 32.4. The number of hydrogen-bond donors (Lipinski definition) is 10. The molecule has 228 valence electrons. The molecule has 0 aromatic carbocycles. The molecule has 3 rings (SSSR count). The molecule has 3 aliphatic rings. The topological polar surface area (TPSA) is 272 Å². The van der Waals surface area contributed by atoms with Gasteiger partial charge in [0.15, 0.2) is 18.9 Å². The molecule has 3 aliphatic heterocycles. The molecule has 3 saturated heterocycles. The highest BCUT2D eigenvalue weighted by atomic mass is 16.8. The van der Waals surface area contributed by atoms with E-state index in [-0.39, 0.29) is 13.2 Å². The molecule has 0 spiro atoms. The summed E-state index contributed by atoms with van der Waals surface area (Å²) in [5.41, 5.74) is 5.54. The SMILES string of the molecule is CC(=O)N[C@H]1[C@H](OCCN)O[C@H](CO)[C@@H](O[C@@H]2O[C@H](CO)[C@H](O)[C@H](O)[C@H]2O)[C@@H]1O[C@@H]1O[C@@H](C)[C@@H](O)[C@@H](O)[C@@H]1O. The van der Waals surface area contributed by atoms with Crippen LogP contribution in [0.1, 0.15) is 13.8 Å². The summed E-state index contributed by atoms with van der Waals surface area (Å²) in [6, 6.07) is -1.22. The quantitative estimate of drug-likeness (QED) is 0.116. The first-order chi connectivity index (χ1) is 18.4. The van der Waals surface area contributed by atoms with Crippen molar-refractivity contribution in [2.24, 2.45) is 5.73 Å². The zero-order valence-electron chi connectivity index (χ0n) is 21.5. The lowest BCUT2D eigenvalue weighted by atomic mass is 9.94. The third-order valence-corrected chi connectivity index (χ3v) is 6.84. The second kappa shape index (κ2) is 14.2. The first-order valence-corrected chi connectivity index (χ1v) is 12.6. The first-order valence-electron chi connectivity index (χ1n) is 12.6. The predicted octanol–water partition coefficient (Wildman–Crippen LogP) is -6.42. The van der Waals surface area contributed by atoms with Gasteiger partial charge in [-0.3, -0.25) is 4.79 Å². The highest BCUT2D eigenvalue weighted by Gasteiger charge is 2.54. The maximum absolute atomic E-state index is 12.1. The van der Waals surface area contributed by atoms with Crippen LogP contribution in [0.15, 0.2) is 0 Å². The van der Waals surface area contributed by atoms with Crippen molar-refractivity contribution in [1.82, 2.24) is 5.32 Å². The Morgan fingerprint density at radius 1 is 0.769 bits per heavy atom. The maximum Gasteiger partial charge on any atom is 0.217 e. The monoisotopic (exact) mass is 572 g/mol. The maximum atomic E-state index is 12.1. The van der Waals surface area contributed by atoms with Crippen molar-refractivity contribution in [2.75, 3.05) is 26.4 Å². The number of ether oxygens (including phenoxy) is 6. The van der Waals surface area contributed by atoms with Crippen molar-refractivity contribution >= 4 is 5.91 Å². The number of nitrogens with one attached hydrogen (secondary N) is 1. The molecular formula is C22H40N2O15. The summed E-state index contributed by atoms with van der Waals surface area (Å²) in [4.78, 5) is 12.1. The Labute approximate surface area is 223 Å². The fraction of sp³-hybridized carbons (Fsp3) is 0.955. The lowest BCUT2D eigenvalue weighted by Gasteiger charge is -2.50. The van der Waals surface area contributed by atoms with Crippen LogP contribution in [0.2, 0.25) is 0 Å². The zero-order chi connectivity index (χ0) is 29.0. The average Bonchev–Trinajstić information content (AvgIpc) is 2.91. The minimum Gasteiger partial charge on any atom is -0.394 e. The number of amides is 1. The molecule has 0 radical (unpaired) electrons. The molecule has 0 bridgehead atoms. The molecule has 39 heavy (non-hydrogen) atoms. The van der Waals surface area contributed by atoms with Crippen LogP contribution in [0, 0.1) is 0 Å². The smallest absolute Gasteiger partial charge is 0.217 e. The summed E-state index contributed by atoms with van der Waals surface area (Å²) in [5, 5.41) is 84.0. The van der Waals surface area contributed by atoms with Gasteiger partial charge in [-0.25, -0.2) is 0 Å². The number of aliphatic hydroxyl groups is 8. The minimum atomic E-state index is -1.83.